The maximum atomic E-state index is 13.1. The number of hydrogen-bond donors (Lipinski definition) is 0. The quantitative estimate of drug-likeness (QED) is 0.0217. The molecule has 61 heavy (non-hydrogen) atoms. The topological polar surface area (TPSA) is 63.2 Å². The van der Waals surface area contributed by atoms with Crippen molar-refractivity contribution in [2.24, 2.45) is 0 Å². The van der Waals surface area contributed by atoms with Gasteiger partial charge in [0.15, 0.2) is 5.60 Å². The van der Waals surface area contributed by atoms with Crippen LogP contribution in [0.5, 0.6) is 11.5 Å². The smallest absolute Gasteiger partial charge is 0.334 e. The Kier molecular flexibility index (Phi) is 18.5. The number of allylic oxidation sites excluding steroid dienone is 1. The third-order valence-corrected chi connectivity index (χ3v) is 11.7. The van der Waals surface area contributed by atoms with Crippen molar-refractivity contribution in [3.05, 3.63) is 179 Å². The Hall–Kier alpha value is -5.17. The zero-order valence-electron chi connectivity index (χ0n) is 36.3. The predicted molar refractivity (Wildman–Crippen MR) is 246 cm³/mol. The first kappa shape index (κ1) is 45.4. The predicted octanol–water partition coefficient (Wildman–Crippen LogP) is 13.4. The van der Waals surface area contributed by atoms with Crippen LogP contribution in [0.1, 0.15) is 119 Å². The summed E-state index contributed by atoms with van der Waals surface area (Å²) in [6.45, 7) is 1.64. The Morgan fingerprint density at radius 3 is 1.52 bits per heavy atom. The molecule has 0 spiro atoms. The number of methoxy groups -OCH3 is 1. The number of esters is 1. The van der Waals surface area contributed by atoms with Gasteiger partial charge in [0, 0.05) is 18.6 Å². The molecule has 0 radical (unpaired) electrons. The fraction of sp³-hybridized carbons (Fsp3) is 0.400. The average Bonchev–Trinajstić information content (AvgIpc) is 3.63. The zero-order valence-corrected chi connectivity index (χ0v) is 36.3. The minimum Gasteiger partial charge on any atom is -0.497 e. The second-order valence-electron chi connectivity index (χ2n) is 16.4. The minimum atomic E-state index is -0.866. The molecule has 1 aliphatic rings. The standard InChI is InChI=1S/C55H66O6/c1-57-51-37-39-52(40-38-51)59-45-54(44-58-43-46-28-18-14-19-29-46)42-47(53(56)61-54)30-20-12-10-8-6-4-2-3-5-7-9-11-13-27-41-60-55(48-31-21-15-22-32-48,49-33-23-16-24-34-49)50-35-25-17-26-36-50/h14-19,21-26,28-40H,2-13,20,27,41-45H2,1H3/b47-30+. The van der Waals surface area contributed by atoms with Gasteiger partial charge in [-0.1, -0.05) is 198 Å². The maximum absolute atomic E-state index is 13.1. The number of rotatable bonds is 28. The van der Waals surface area contributed by atoms with Crippen molar-refractivity contribution in [2.45, 2.75) is 114 Å². The van der Waals surface area contributed by atoms with E-state index in [1.54, 1.807) is 7.11 Å². The normalized spacial score (nSPS) is 15.8. The highest BCUT2D eigenvalue weighted by atomic mass is 16.6. The first-order valence-corrected chi connectivity index (χ1v) is 22.7. The molecule has 6 heteroatoms. The number of ether oxygens (including phenoxy) is 5. The fourth-order valence-electron chi connectivity index (χ4n) is 8.35. The first-order valence-electron chi connectivity index (χ1n) is 22.7. The summed E-state index contributed by atoms with van der Waals surface area (Å²) in [6.07, 6.45) is 19.6. The Bertz CT molecular complexity index is 1880. The lowest BCUT2D eigenvalue weighted by Gasteiger charge is -2.36. The van der Waals surface area contributed by atoms with Gasteiger partial charge in [-0.05, 0) is 65.8 Å². The second-order valence-corrected chi connectivity index (χ2v) is 16.4. The molecule has 1 unspecified atom stereocenters. The van der Waals surface area contributed by atoms with E-state index < -0.39 is 11.2 Å². The van der Waals surface area contributed by atoms with Gasteiger partial charge in [0.1, 0.15) is 23.7 Å². The van der Waals surface area contributed by atoms with Crippen molar-refractivity contribution in [3.8, 4) is 11.5 Å². The Labute approximate surface area is 365 Å². The summed E-state index contributed by atoms with van der Waals surface area (Å²) in [6, 6.07) is 49.5. The van der Waals surface area contributed by atoms with Crippen molar-refractivity contribution in [1.29, 1.82) is 0 Å². The van der Waals surface area contributed by atoms with Crippen LogP contribution in [0.15, 0.2) is 157 Å². The molecule has 0 N–H and O–H groups in total. The Balaban J connectivity index is 0.825. The molecule has 322 valence electrons. The molecule has 1 saturated heterocycles. The van der Waals surface area contributed by atoms with Gasteiger partial charge in [-0.15, -0.1) is 0 Å². The van der Waals surface area contributed by atoms with Crippen molar-refractivity contribution < 1.29 is 28.5 Å². The summed E-state index contributed by atoms with van der Waals surface area (Å²) in [5, 5.41) is 0. The van der Waals surface area contributed by atoms with E-state index in [1.807, 2.05) is 54.6 Å². The van der Waals surface area contributed by atoms with Crippen LogP contribution in [0.3, 0.4) is 0 Å². The molecule has 1 heterocycles. The van der Waals surface area contributed by atoms with E-state index in [4.69, 9.17) is 23.7 Å². The molecule has 0 aliphatic carbocycles. The van der Waals surface area contributed by atoms with Gasteiger partial charge in [0.25, 0.3) is 0 Å². The molecule has 1 atom stereocenters. The van der Waals surface area contributed by atoms with Gasteiger partial charge in [0.05, 0.1) is 20.3 Å². The lowest BCUT2D eigenvalue weighted by atomic mass is 9.80. The van der Waals surface area contributed by atoms with Crippen molar-refractivity contribution >= 4 is 5.97 Å². The molecule has 0 aromatic heterocycles. The Morgan fingerprint density at radius 1 is 0.557 bits per heavy atom. The molecule has 0 amide bonds. The average molecular weight is 823 g/mol. The number of cyclic esters (lactones) is 1. The highest BCUT2D eigenvalue weighted by molar-refractivity contribution is 5.91. The van der Waals surface area contributed by atoms with Crippen LogP contribution in [0.25, 0.3) is 0 Å². The Morgan fingerprint density at radius 2 is 1.02 bits per heavy atom. The van der Waals surface area contributed by atoms with E-state index in [0.717, 1.165) is 59.4 Å². The van der Waals surface area contributed by atoms with Crippen molar-refractivity contribution in [3.63, 3.8) is 0 Å². The van der Waals surface area contributed by atoms with Gasteiger partial charge >= 0.3 is 5.97 Å². The highest BCUT2D eigenvalue weighted by Gasteiger charge is 2.45. The number of carbonyl (C=O) groups is 1. The van der Waals surface area contributed by atoms with Crippen LogP contribution in [-0.4, -0.2) is 38.5 Å². The monoisotopic (exact) mass is 822 g/mol. The van der Waals surface area contributed by atoms with E-state index >= 15 is 0 Å². The molecular weight excluding hydrogens is 757 g/mol. The molecule has 1 aliphatic heterocycles. The first-order chi connectivity index (χ1) is 30.1. The number of unbranched alkanes of at least 4 members (excludes halogenated alkanes) is 13. The molecule has 6 rings (SSSR count). The van der Waals surface area contributed by atoms with Gasteiger partial charge in [0.2, 0.25) is 0 Å². The summed E-state index contributed by atoms with van der Waals surface area (Å²) >= 11 is 0. The minimum absolute atomic E-state index is 0.216. The molecule has 0 bridgehead atoms. The highest BCUT2D eigenvalue weighted by Crippen LogP contribution is 2.41. The molecule has 1 fully saturated rings. The number of hydrogen-bond acceptors (Lipinski definition) is 6. The molecular formula is C55H66O6. The SMILES string of the molecule is COc1ccc(OCC2(COCc3ccccc3)C/C(=C\CCCCCCCCCCCCCCCOC(c3ccccc3)(c3ccccc3)c3ccccc3)C(=O)O2)cc1. The van der Waals surface area contributed by atoms with Crippen LogP contribution in [0.4, 0.5) is 0 Å². The van der Waals surface area contributed by atoms with Gasteiger partial charge in [-0.2, -0.15) is 0 Å². The van der Waals surface area contributed by atoms with Crippen LogP contribution in [0, 0.1) is 0 Å². The molecule has 5 aromatic carbocycles. The number of carbonyl (C=O) groups excluding carboxylic acids is 1. The van der Waals surface area contributed by atoms with E-state index in [9.17, 15) is 4.79 Å². The third-order valence-electron chi connectivity index (χ3n) is 11.7. The molecule has 5 aromatic rings. The van der Waals surface area contributed by atoms with Crippen molar-refractivity contribution in [2.75, 3.05) is 26.9 Å². The van der Waals surface area contributed by atoms with Crippen LogP contribution in [0.2, 0.25) is 0 Å². The van der Waals surface area contributed by atoms with Gasteiger partial charge < -0.3 is 23.7 Å². The lowest BCUT2D eigenvalue weighted by Crippen LogP contribution is -2.40. The zero-order chi connectivity index (χ0) is 42.3. The number of benzene rings is 5. The van der Waals surface area contributed by atoms with E-state index in [2.05, 4.69) is 97.1 Å². The van der Waals surface area contributed by atoms with E-state index in [-0.39, 0.29) is 19.2 Å². The summed E-state index contributed by atoms with van der Waals surface area (Å²) in [7, 11) is 1.64. The largest absolute Gasteiger partial charge is 0.497 e. The maximum Gasteiger partial charge on any atom is 0.334 e. The second kappa shape index (κ2) is 24.9. The van der Waals surface area contributed by atoms with E-state index in [1.165, 1.54) is 70.6 Å². The lowest BCUT2D eigenvalue weighted by molar-refractivity contribution is -0.156. The van der Waals surface area contributed by atoms with Crippen LogP contribution < -0.4 is 9.47 Å². The fourth-order valence-corrected chi connectivity index (χ4v) is 8.35. The van der Waals surface area contributed by atoms with Crippen molar-refractivity contribution in [1.82, 2.24) is 0 Å². The summed E-state index contributed by atoms with van der Waals surface area (Å²) in [5.74, 6) is 1.19. The van der Waals surface area contributed by atoms with Crippen LogP contribution >= 0.6 is 0 Å². The third kappa shape index (κ3) is 13.9. The molecule has 0 saturated carbocycles. The van der Waals surface area contributed by atoms with E-state index in [0.29, 0.717) is 18.8 Å². The van der Waals surface area contributed by atoms with Crippen LogP contribution in [-0.2, 0) is 31.2 Å². The summed E-state index contributed by atoms with van der Waals surface area (Å²) in [4.78, 5) is 13.1. The molecule has 6 nitrogen and oxygen atoms in total. The summed E-state index contributed by atoms with van der Waals surface area (Å²) < 4.78 is 30.5. The summed E-state index contributed by atoms with van der Waals surface area (Å²) in [5.41, 5.74) is 3.79. The van der Waals surface area contributed by atoms with Gasteiger partial charge in [-0.25, -0.2) is 4.79 Å². The van der Waals surface area contributed by atoms with Gasteiger partial charge in [-0.3, -0.25) is 0 Å².